The van der Waals surface area contributed by atoms with Crippen LogP contribution in [0.3, 0.4) is 0 Å². The van der Waals surface area contributed by atoms with Crippen LogP contribution in [-0.2, 0) is 6.54 Å². The Morgan fingerprint density at radius 2 is 2.18 bits per heavy atom. The molecule has 0 spiro atoms. The summed E-state index contributed by atoms with van der Waals surface area (Å²) in [7, 11) is 5.83. The number of rotatable bonds is 4. The van der Waals surface area contributed by atoms with Crippen molar-refractivity contribution in [2.75, 3.05) is 26.0 Å². The fraction of sp³-hybridized carbons (Fsp3) is 0.647. The number of aromatic nitrogens is 1. The van der Waals surface area contributed by atoms with Crippen LogP contribution >= 0.6 is 0 Å². The molecular weight excluding hydrogens is 274 g/mol. The van der Waals surface area contributed by atoms with Crippen LogP contribution < -0.4 is 15.5 Å². The van der Waals surface area contributed by atoms with Gasteiger partial charge in [0.25, 0.3) is 0 Å². The van der Waals surface area contributed by atoms with Gasteiger partial charge in [-0.15, -0.1) is 0 Å². The van der Waals surface area contributed by atoms with Crippen LogP contribution in [0, 0.1) is 5.92 Å². The van der Waals surface area contributed by atoms with Gasteiger partial charge in [-0.05, 0) is 30.9 Å². The van der Waals surface area contributed by atoms with Gasteiger partial charge in [-0.2, -0.15) is 0 Å². The van der Waals surface area contributed by atoms with Crippen molar-refractivity contribution in [1.29, 1.82) is 0 Å². The van der Waals surface area contributed by atoms with Crippen LogP contribution in [0.2, 0.25) is 0 Å². The molecule has 2 unspecified atom stereocenters. The highest BCUT2D eigenvalue weighted by Gasteiger charge is 2.19. The lowest BCUT2D eigenvalue weighted by Crippen LogP contribution is -2.44. The molecule has 1 aliphatic carbocycles. The average molecular weight is 303 g/mol. The molecule has 1 heterocycles. The number of guanidine groups is 1. The van der Waals surface area contributed by atoms with Gasteiger partial charge in [0.2, 0.25) is 0 Å². The Balaban J connectivity index is 1.87. The summed E-state index contributed by atoms with van der Waals surface area (Å²) in [5.41, 5.74) is 1.02. The van der Waals surface area contributed by atoms with Gasteiger partial charge in [-0.25, -0.2) is 4.98 Å². The maximum absolute atomic E-state index is 4.62. The quantitative estimate of drug-likeness (QED) is 0.662. The summed E-state index contributed by atoms with van der Waals surface area (Å²) in [4.78, 5) is 11.0. The number of pyridine rings is 1. The second-order valence-corrected chi connectivity index (χ2v) is 6.42. The maximum Gasteiger partial charge on any atom is 0.191 e. The molecule has 1 saturated carbocycles. The van der Waals surface area contributed by atoms with E-state index in [2.05, 4.69) is 27.5 Å². The van der Waals surface area contributed by atoms with Crippen molar-refractivity contribution in [3.63, 3.8) is 0 Å². The van der Waals surface area contributed by atoms with Crippen LogP contribution in [0.15, 0.2) is 23.2 Å². The molecule has 0 bridgehead atoms. The van der Waals surface area contributed by atoms with Gasteiger partial charge in [0.05, 0.1) is 12.2 Å². The molecule has 0 saturated heterocycles. The number of anilines is 1. The molecule has 0 aromatic carbocycles. The Labute approximate surface area is 134 Å². The molecule has 2 atom stereocenters. The van der Waals surface area contributed by atoms with Crippen LogP contribution in [0.25, 0.3) is 0 Å². The molecule has 2 N–H and O–H groups in total. The molecule has 1 aromatic heterocycles. The first-order valence-corrected chi connectivity index (χ1v) is 8.19. The highest BCUT2D eigenvalue weighted by Crippen LogP contribution is 2.23. The number of nitrogens with one attached hydrogen (secondary N) is 2. The van der Waals surface area contributed by atoms with Gasteiger partial charge in [-0.3, -0.25) is 4.99 Å². The molecule has 0 amide bonds. The molecule has 1 aromatic rings. The van der Waals surface area contributed by atoms with Crippen molar-refractivity contribution < 1.29 is 0 Å². The van der Waals surface area contributed by atoms with Crippen molar-refractivity contribution in [1.82, 2.24) is 15.6 Å². The molecule has 1 fully saturated rings. The second-order valence-electron chi connectivity index (χ2n) is 6.42. The summed E-state index contributed by atoms with van der Waals surface area (Å²) in [6.07, 6.45) is 5.13. The first-order chi connectivity index (χ1) is 10.6. The second kappa shape index (κ2) is 8.01. The third kappa shape index (κ3) is 4.90. The van der Waals surface area contributed by atoms with Crippen molar-refractivity contribution in [3.05, 3.63) is 23.9 Å². The Bertz CT molecular complexity index is 498. The minimum Gasteiger partial charge on any atom is -0.363 e. The highest BCUT2D eigenvalue weighted by molar-refractivity contribution is 5.79. The van der Waals surface area contributed by atoms with E-state index in [4.69, 9.17) is 0 Å². The summed E-state index contributed by atoms with van der Waals surface area (Å²) in [6.45, 7) is 3.02. The number of aliphatic imine (C=N–C) groups is 1. The van der Waals surface area contributed by atoms with E-state index < -0.39 is 0 Å². The maximum atomic E-state index is 4.62. The van der Waals surface area contributed by atoms with Gasteiger partial charge < -0.3 is 15.5 Å². The van der Waals surface area contributed by atoms with Crippen molar-refractivity contribution in [3.8, 4) is 0 Å². The zero-order chi connectivity index (χ0) is 15.9. The van der Waals surface area contributed by atoms with Crippen molar-refractivity contribution in [2.24, 2.45) is 10.9 Å². The number of hydrogen-bond acceptors (Lipinski definition) is 3. The molecular formula is C17H29N5. The van der Waals surface area contributed by atoms with E-state index >= 15 is 0 Å². The SMILES string of the molecule is CN=C(NCc1cccc(N(C)C)n1)NC1CCCC(C)C1. The van der Waals surface area contributed by atoms with E-state index in [0.717, 1.165) is 23.4 Å². The molecule has 5 nitrogen and oxygen atoms in total. The molecule has 0 radical (unpaired) electrons. The summed E-state index contributed by atoms with van der Waals surface area (Å²) in [5.74, 6) is 2.65. The lowest BCUT2D eigenvalue weighted by molar-refractivity contribution is 0.324. The topological polar surface area (TPSA) is 52.6 Å². The molecule has 5 heteroatoms. The molecule has 2 rings (SSSR count). The minimum absolute atomic E-state index is 0.538. The van der Waals surface area contributed by atoms with Gasteiger partial charge in [0, 0.05) is 27.2 Å². The van der Waals surface area contributed by atoms with E-state index in [-0.39, 0.29) is 0 Å². The average Bonchev–Trinajstić information content (AvgIpc) is 2.51. The lowest BCUT2D eigenvalue weighted by Gasteiger charge is -2.28. The molecule has 122 valence electrons. The third-order valence-electron chi connectivity index (χ3n) is 4.19. The summed E-state index contributed by atoms with van der Waals surface area (Å²) in [5, 5.41) is 6.92. The normalized spacial score (nSPS) is 22.3. The number of nitrogens with zero attached hydrogens (tertiary/aromatic N) is 3. The smallest absolute Gasteiger partial charge is 0.191 e. The molecule has 0 aliphatic heterocycles. The molecule has 22 heavy (non-hydrogen) atoms. The fourth-order valence-corrected chi connectivity index (χ4v) is 2.94. The van der Waals surface area contributed by atoms with Gasteiger partial charge >= 0.3 is 0 Å². The Kier molecular flexibility index (Phi) is 6.04. The predicted octanol–water partition coefficient (Wildman–Crippen LogP) is 2.39. The Morgan fingerprint density at radius 1 is 1.36 bits per heavy atom. The van der Waals surface area contributed by atoms with E-state index in [1.54, 1.807) is 0 Å². The first-order valence-electron chi connectivity index (χ1n) is 8.19. The summed E-state index contributed by atoms with van der Waals surface area (Å²) in [6, 6.07) is 6.63. The molecule has 1 aliphatic rings. The van der Waals surface area contributed by atoms with Crippen molar-refractivity contribution in [2.45, 2.75) is 45.2 Å². The predicted molar refractivity (Wildman–Crippen MR) is 93.3 cm³/mol. The standard InChI is InChI=1S/C17H29N5/c1-13-7-5-8-14(11-13)21-17(18-2)19-12-15-9-6-10-16(20-15)22(3)4/h6,9-10,13-14H,5,7-8,11-12H2,1-4H3,(H2,18,19,21). The largest absolute Gasteiger partial charge is 0.363 e. The van der Waals surface area contributed by atoms with Gasteiger partial charge in [0.15, 0.2) is 5.96 Å². The third-order valence-corrected chi connectivity index (χ3v) is 4.19. The van der Waals surface area contributed by atoms with Crippen LogP contribution in [0.4, 0.5) is 5.82 Å². The first kappa shape index (κ1) is 16.6. The highest BCUT2D eigenvalue weighted by atomic mass is 15.2. The van der Waals surface area contributed by atoms with Crippen LogP contribution in [-0.4, -0.2) is 38.1 Å². The van der Waals surface area contributed by atoms with Crippen LogP contribution in [0.5, 0.6) is 0 Å². The summed E-state index contributed by atoms with van der Waals surface area (Å²) >= 11 is 0. The minimum atomic E-state index is 0.538. The van der Waals surface area contributed by atoms with Gasteiger partial charge in [-0.1, -0.05) is 25.8 Å². The zero-order valence-corrected chi connectivity index (χ0v) is 14.3. The van der Waals surface area contributed by atoms with E-state index in [0.29, 0.717) is 12.6 Å². The lowest BCUT2D eigenvalue weighted by atomic mass is 9.87. The fourth-order valence-electron chi connectivity index (χ4n) is 2.94. The van der Waals surface area contributed by atoms with Gasteiger partial charge in [0.1, 0.15) is 5.82 Å². The van der Waals surface area contributed by atoms with Crippen molar-refractivity contribution >= 4 is 11.8 Å². The Morgan fingerprint density at radius 3 is 2.86 bits per heavy atom. The zero-order valence-electron chi connectivity index (χ0n) is 14.3. The summed E-state index contributed by atoms with van der Waals surface area (Å²) < 4.78 is 0. The monoisotopic (exact) mass is 303 g/mol. The van der Waals surface area contributed by atoms with E-state index in [1.165, 1.54) is 25.7 Å². The number of hydrogen-bond donors (Lipinski definition) is 2. The van der Waals surface area contributed by atoms with Crippen LogP contribution in [0.1, 0.15) is 38.3 Å². The van der Waals surface area contributed by atoms with E-state index in [1.807, 2.05) is 44.2 Å². The Hall–Kier alpha value is -1.78. The van der Waals surface area contributed by atoms with E-state index in [9.17, 15) is 0 Å².